The van der Waals surface area contributed by atoms with Gasteiger partial charge in [0.05, 0.1) is 17.2 Å². The van der Waals surface area contributed by atoms with Crippen molar-refractivity contribution in [2.45, 2.75) is 79.2 Å². The van der Waals surface area contributed by atoms with Crippen molar-refractivity contribution in [3.8, 4) is 0 Å². The van der Waals surface area contributed by atoms with Gasteiger partial charge in [-0.15, -0.1) is 0 Å². The Morgan fingerprint density at radius 1 is 1.00 bits per heavy atom. The third-order valence-corrected chi connectivity index (χ3v) is 5.91. The Hall–Kier alpha value is -2.63. The van der Waals surface area contributed by atoms with Crippen LogP contribution >= 0.6 is 0 Å². The van der Waals surface area contributed by atoms with E-state index in [1.54, 1.807) is 0 Å². The summed E-state index contributed by atoms with van der Waals surface area (Å²) in [6, 6.07) is 7.89. The van der Waals surface area contributed by atoms with Crippen LogP contribution in [0.4, 0.5) is 5.82 Å². The van der Waals surface area contributed by atoms with Gasteiger partial charge in [-0.2, -0.15) is 5.10 Å². The molecule has 32 heavy (non-hydrogen) atoms. The predicted octanol–water partition coefficient (Wildman–Crippen LogP) is 5.04. The van der Waals surface area contributed by atoms with Gasteiger partial charge in [-0.3, -0.25) is 9.59 Å². The lowest BCUT2D eigenvalue weighted by molar-refractivity contribution is -0.121. The first-order valence-electron chi connectivity index (χ1n) is 11.5. The molecule has 1 unspecified atom stereocenters. The topological polar surface area (TPSA) is 67.2 Å². The molecule has 0 aliphatic carbocycles. The fourth-order valence-electron chi connectivity index (χ4n) is 4.23. The van der Waals surface area contributed by atoms with Crippen LogP contribution in [0, 0.1) is 19.8 Å². The van der Waals surface area contributed by atoms with E-state index >= 15 is 0 Å². The summed E-state index contributed by atoms with van der Waals surface area (Å²) in [4.78, 5) is 28.2. The molecule has 1 aromatic heterocycles. The van der Waals surface area contributed by atoms with Crippen LogP contribution in [-0.2, 0) is 15.7 Å². The maximum absolute atomic E-state index is 13.2. The molecular weight excluding hydrogens is 400 g/mol. The number of amides is 2. The molecule has 2 heterocycles. The first kappa shape index (κ1) is 24.0. The van der Waals surface area contributed by atoms with Crippen LogP contribution in [-0.4, -0.2) is 39.6 Å². The minimum Gasteiger partial charge on any atom is -0.338 e. The molecule has 1 atom stereocenters. The molecule has 1 aromatic carbocycles. The van der Waals surface area contributed by atoms with Gasteiger partial charge in [0.25, 0.3) is 5.91 Å². The summed E-state index contributed by atoms with van der Waals surface area (Å²) < 4.78 is 1.90. The van der Waals surface area contributed by atoms with Gasteiger partial charge >= 0.3 is 0 Å². The minimum atomic E-state index is -0.260. The number of nitrogens with one attached hydrogen (secondary N) is 1. The normalized spacial score (nSPS) is 17.4. The first-order valence-corrected chi connectivity index (χ1v) is 11.5. The lowest BCUT2D eigenvalue weighted by Crippen LogP contribution is -2.44. The first-order chi connectivity index (χ1) is 14.8. The van der Waals surface area contributed by atoms with Crippen molar-refractivity contribution in [1.82, 2.24) is 14.7 Å². The van der Waals surface area contributed by atoms with Crippen molar-refractivity contribution in [1.29, 1.82) is 0 Å². The lowest BCUT2D eigenvalue weighted by Gasteiger charge is -2.32. The molecule has 1 saturated heterocycles. The largest absolute Gasteiger partial charge is 0.338 e. The SMILES string of the molecule is Cc1cc(C)cc(C(=O)N2CCCC(C(=O)Nc3cc(C(C)(C)C)nn3C(C)(C)C)C2)c1. The maximum Gasteiger partial charge on any atom is 0.253 e. The Bertz CT molecular complexity index is 988. The number of carbonyl (C=O) groups is 2. The summed E-state index contributed by atoms with van der Waals surface area (Å²) in [6.07, 6.45) is 1.60. The molecule has 0 radical (unpaired) electrons. The van der Waals surface area contributed by atoms with E-state index in [2.05, 4.69) is 52.9 Å². The zero-order valence-corrected chi connectivity index (χ0v) is 20.9. The Labute approximate surface area is 192 Å². The summed E-state index contributed by atoms with van der Waals surface area (Å²) in [7, 11) is 0. The quantitative estimate of drug-likeness (QED) is 0.730. The number of anilines is 1. The fraction of sp³-hybridized carbons (Fsp3) is 0.577. The molecule has 6 heteroatoms. The third-order valence-electron chi connectivity index (χ3n) is 5.91. The highest BCUT2D eigenvalue weighted by Crippen LogP contribution is 2.29. The smallest absolute Gasteiger partial charge is 0.253 e. The van der Waals surface area contributed by atoms with Gasteiger partial charge in [-0.1, -0.05) is 38.0 Å². The number of aryl methyl sites for hydroxylation is 2. The number of piperidine rings is 1. The summed E-state index contributed by atoms with van der Waals surface area (Å²) in [6.45, 7) is 17.7. The second kappa shape index (κ2) is 8.72. The van der Waals surface area contributed by atoms with Crippen LogP contribution in [0.25, 0.3) is 0 Å². The second-order valence-electron chi connectivity index (χ2n) is 11.2. The monoisotopic (exact) mass is 438 g/mol. The Morgan fingerprint density at radius 2 is 1.62 bits per heavy atom. The molecule has 0 spiro atoms. The van der Waals surface area contributed by atoms with E-state index in [9.17, 15) is 9.59 Å². The average Bonchev–Trinajstić information content (AvgIpc) is 3.11. The summed E-state index contributed by atoms with van der Waals surface area (Å²) in [5.41, 5.74) is 3.41. The molecule has 1 fully saturated rings. The van der Waals surface area contributed by atoms with Crippen molar-refractivity contribution < 1.29 is 9.59 Å². The molecule has 2 amide bonds. The summed E-state index contributed by atoms with van der Waals surface area (Å²) in [5.74, 6) is 0.433. The van der Waals surface area contributed by atoms with Crippen LogP contribution in [0.3, 0.4) is 0 Å². The van der Waals surface area contributed by atoms with E-state index in [-0.39, 0.29) is 28.7 Å². The minimum absolute atomic E-state index is 0.00375. The Kier molecular flexibility index (Phi) is 6.55. The number of likely N-dealkylation sites (tertiary alicyclic amines) is 1. The summed E-state index contributed by atoms with van der Waals surface area (Å²) >= 11 is 0. The van der Waals surface area contributed by atoms with E-state index in [1.807, 2.05) is 41.6 Å². The van der Waals surface area contributed by atoms with Crippen molar-refractivity contribution in [3.05, 3.63) is 46.6 Å². The van der Waals surface area contributed by atoms with Crippen LogP contribution in [0.5, 0.6) is 0 Å². The Morgan fingerprint density at radius 3 is 2.19 bits per heavy atom. The highest BCUT2D eigenvalue weighted by molar-refractivity contribution is 5.96. The molecule has 1 N–H and O–H groups in total. The number of hydrogen-bond acceptors (Lipinski definition) is 3. The van der Waals surface area contributed by atoms with Crippen LogP contribution in [0.2, 0.25) is 0 Å². The molecule has 174 valence electrons. The van der Waals surface area contributed by atoms with Crippen molar-refractivity contribution in [2.24, 2.45) is 5.92 Å². The number of rotatable bonds is 3. The fourth-order valence-corrected chi connectivity index (χ4v) is 4.23. The Balaban J connectivity index is 1.77. The van der Waals surface area contributed by atoms with Gasteiger partial charge in [-0.25, -0.2) is 4.68 Å². The number of aromatic nitrogens is 2. The zero-order chi connectivity index (χ0) is 23.8. The third kappa shape index (κ3) is 5.40. The number of hydrogen-bond donors (Lipinski definition) is 1. The van der Waals surface area contributed by atoms with Crippen molar-refractivity contribution in [3.63, 3.8) is 0 Å². The number of nitrogens with zero attached hydrogens (tertiary/aromatic N) is 3. The van der Waals surface area contributed by atoms with Crippen molar-refractivity contribution >= 4 is 17.6 Å². The van der Waals surface area contributed by atoms with Crippen LogP contribution < -0.4 is 5.32 Å². The predicted molar refractivity (Wildman–Crippen MR) is 129 cm³/mol. The maximum atomic E-state index is 13.2. The van der Waals surface area contributed by atoms with Gasteiger partial charge < -0.3 is 10.2 Å². The van der Waals surface area contributed by atoms with E-state index in [0.717, 1.165) is 29.7 Å². The highest BCUT2D eigenvalue weighted by atomic mass is 16.2. The van der Waals surface area contributed by atoms with Gasteiger partial charge in [0, 0.05) is 30.1 Å². The average molecular weight is 439 g/mol. The molecule has 1 aliphatic rings. The van der Waals surface area contributed by atoms with E-state index in [0.29, 0.717) is 24.5 Å². The molecule has 1 aliphatic heterocycles. The van der Waals surface area contributed by atoms with Gasteiger partial charge in [0.1, 0.15) is 5.82 Å². The zero-order valence-electron chi connectivity index (χ0n) is 20.9. The van der Waals surface area contributed by atoms with E-state index in [1.165, 1.54) is 0 Å². The lowest BCUT2D eigenvalue weighted by atomic mass is 9.92. The summed E-state index contributed by atoms with van der Waals surface area (Å²) in [5, 5.41) is 7.91. The molecule has 0 saturated carbocycles. The van der Waals surface area contributed by atoms with Crippen LogP contribution in [0.1, 0.15) is 81.6 Å². The number of carbonyl (C=O) groups excluding carboxylic acids is 2. The van der Waals surface area contributed by atoms with Crippen LogP contribution in [0.15, 0.2) is 24.3 Å². The molecule has 3 rings (SSSR count). The van der Waals surface area contributed by atoms with E-state index in [4.69, 9.17) is 5.10 Å². The highest BCUT2D eigenvalue weighted by Gasteiger charge is 2.31. The van der Waals surface area contributed by atoms with Crippen molar-refractivity contribution in [2.75, 3.05) is 18.4 Å². The number of benzene rings is 1. The van der Waals surface area contributed by atoms with E-state index < -0.39 is 0 Å². The second-order valence-corrected chi connectivity index (χ2v) is 11.2. The van der Waals surface area contributed by atoms with Gasteiger partial charge in [0.15, 0.2) is 0 Å². The standard InChI is InChI=1S/C26H38N4O2/c1-17-12-18(2)14-20(13-17)24(32)29-11-9-10-19(16-29)23(31)27-22-15-21(25(3,4)5)28-30(22)26(6,7)8/h12-15,19H,9-11,16H2,1-8H3,(H,27,31). The molecule has 2 aromatic rings. The van der Waals surface area contributed by atoms with Gasteiger partial charge in [-0.05, 0) is 59.6 Å². The van der Waals surface area contributed by atoms with Gasteiger partial charge in [0.2, 0.25) is 5.91 Å². The molecular formula is C26H38N4O2. The molecule has 6 nitrogen and oxygen atoms in total. The molecule has 0 bridgehead atoms.